The van der Waals surface area contributed by atoms with Crippen molar-refractivity contribution in [1.29, 1.82) is 0 Å². The molecule has 3 rings (SSSR count). The minimum Gasteiger partial charge on any atom is -0.497 e. The maximum atomic E-state index is 12.1. The Morgan fingerprint density at radius 2 is 1.53 bits per heavy atom. The van der Waals surface area contributed by atoms with E-state index in [0.29, 0.717) is 59.2 Å². The van der Waals surface area contributed by atoms with E-state index in [1.54, 1.807) is 7.11 Å². The number of methoxy groups -OCH3 is 1. The molecule has 0 saturated carbocycles. The van der Waals surface area contributed by atoms with Gasteiger partial charge in [0, 0.05) is 61.4 Å². The number of fused-ring (bicyclic) bond motifs is 1. The highest BCUT2D eigenvalue weighted by molar-refractivity contribution is 7.99. The minimum absolute atomic E-state index is 0.00199. The molecular weight excluding hydrogens is 662 g/mol. The SMILES string of the molecule is COc1ccc2[nH]cc(CCNC(=O)CCOCCOCCOCCOCCNC(=O)CCn3c(O)cc(SC[C@H](N)C(=O)O)c3O)c2c1. The summed E-state index contributed by atoms with van der Waals surface area (Å²) in [4.78, 5) is 38.6. The van der Waals surface area contributed by atoms with Gasteiger partial charge in [-0.05, 0) is 30.2 Å². The number of H-pyrrole nitrogens is 1. The summed E-state index contributed by atoms with van der Waals surface area (Å²) in [7, 11) is 1.64. The number of nitrogens with two attached hydrogens (primary N) is 1. The van der Waals surface area contributed by atoms with Crippen LogP contribution < -0.4 is 21.1 Å². The van der Waals surface area contributed by atoms with Crippen LogP contribution in [0, 0.1) is 0 Å². The second-order valence-electron chi connectivity index (χ2n) is 10.7. The standard InChI is InChI=1S/C32H47N5O11S/c1-44-23-2-3-26-24(18-23)22(20-36-26)4-7-34-29(39)6-10-45-12-14-47-16-17-48-15-13-46-11-8-35-28(38)5-9-37-30(40)19-27(31(37)41)49-21-25(33)32(42)43/h2-3,18-20,25,36,40-41H,4-17,21,33H2,1H3,(H,34,39)(H,35,38)(H,42,43)/t25-/m0/s1. The molecule has 0 saturated heterocycles. The highest BCUT2D eigenvalue weighted by Crippen LogP contribution is 2.35. The van der Waals surface area contributed by atoms with Crippen LogP contribution in [0.3, 0.4) is 0 Å². The van der Waals surface area contributed by atoms with Crippen LogP contribution in [0.15, 0.2) is 35.4 Å². The van der Waals surface area contributed by atoms with Gasteiger partial charge in [0.25, 0.3) is 0 Å². The topological polar surface area (TPSA) is 229 Å². The number of aromatic hydroxyl groups is 2. The second-order valence-corrected chi connectivity index (χ2v) is 11.8. The van der Waals surface area contributed by atoms with Gasteiger partial charge in [-0.1, -0.05) is 0 Å². The van der Waals surface area contributed by atoms with Gasteiger partial charge >= 0.3 is 5.97 Å². The summed E-state index contributed by atoms with van der Waals surface area (Å²) in [6, 6.07) is 6.04. The van der Waals surface area contributed by atoms with E-state index in [2.05, 4.69) is 15.6 Å². The van der Waals surface area contributed by atoms with Gasteiger partial charge < -0.3 is 60.4 Å². The predicted molar refractivity (Wildman–Crippen MR) is 181 cm³/mol. The van der Waals surface area contributed by atoms with Crippen molar-refractivity contribution in [3.8, 4) is 17.5 Å². The van der Waals surface area contributed by atoms with Crippen LogP contribution in [0.5, 0.6) is 17.5 Å². The molecule has 0 aliphatic rings. The molecule has 49 heavy (non-hydrogen) atoms. The highest BCUT2D eigenvalue weighted by atomic mass is 32.2. The van der Waals surface area contributed by atoms with Gasteiger partial charge in [0.15, 0.2) is 5.88 Å². The molecule has 2 aromatic heterocycles. The maximum Gasteiger partial charge on any atom is 0.321 e. The van der Waals surface area contributed by atoms with Gasteiger partial charge in [-0.25, -0.2) is 0 Å². The number of ether oxygens (including phenoxy) is 5. The van der Waals surface area contributed by atoms with E-state index in [1.165, 1.54) is 6.07 Å². The van der Waals surface area contributed by atoms with E-state index in [1.807, 2.05) is 24.4 Å². The number of nitrogens with zero attached hydrogens (tertiary/aromatic N) is 1. The number of thioether (sulfide) groups is 1. The number of aliphatic carboxylic acids is 1. The van der Waals surface area contributed by atoms with E-state index >= 15 is 0 Å². The Bertz CT molecular complexity index is 1460. The first-order chi connectivity index (χ1) is 23.7. The molecule has 0 aliphatic carbocycles. The van der Waals surface area contributed by atoms with Crippen molar-refractivity contribution in [1.82, 2.24) is 20.2 Å². The number of aromatic amines is 1. The van der Waals surface area contributed by atoms with E-state index in [4.69, 9.17) is 34.5 Å². The fourth-order valence-electron chi connectivity index (χ4n) is 4.49. The van der Waals surface area contributed by atoms with Crippen LogP contribution in [0.2, 0.25) is 0 Å². The fourth-order valence-corrected chi connectivity index (χ4v) is 5.42. The molecule has 0 unspecified atom stereocenters. The Hall–Kier alpha value is -4.00. The first kappa shape index (κ1) is 39.4. The number of carbonyl (C=O) groups excluding carboxylic acids is 2. The van der Waals surface area contributed by atoms with Gasteiger partial charge in [0.05, 0.1) is 64.9 Å². The number of carboxylic acids is 1. The third kappa shape index (κ3) is 14.2. The summed E-state index contributed by atoms with van der Waals surface area (Å²) >= 11 is 0.998. The number of hydrogen-bond acceptors (Lipinski definition) is 12. The molecular formula is C32H47N5O11S. The molecule has 17 heteroatoms. The summed E-state index contributed by atoms with van der Waals surface area (Å²) in [6.07, 6.45) is 2.93. The molecule has 0 bridgehead atoms. The molecule has 272 valence electrons. The van der Waals surface area contributed by atoms with Crippen LogP contribution in [0.1, 0.15) is 18.4 Å². The van der Waals surface area contributed by atoms with Gasteiger partial charge in [0.2, 0.25) is 17.7 Å². The van der Waals surface area contributed by atoms with Crippen molar-refractivity contribution in [2.75, 3.05) is 78.8 Å². The number of hydrogen-bond donors (Lipinski definition) is 7. The van der Waals surface area contributed by atoms with E-state index in [0.717, 1.165) is 38.5 Å². The van der Waals surface area contributed by atoms with Crippen molar-refractivity contribution in [2.45, 2.75) is 36.7 Å². The lowest BCUT2D eigenvalue weighted by molar-refractivity contribution is -0.138. The van der Waals surface area contributed by atoms with Crippen molar-refractivity contribution in [2.24, 2.45) is 5.73 Å². The molecule has 16 nitrogen and oxygen atoms in total. The van der Waals surface area contributed by atoms with Crippen LogP contribution in [0.25, 0.3) is 10.9 Å². The Morgan fingerprint density at radius 1 is 0.898 bits per heavy atom. The Labute approximate surface area is 288 Å². The van der Waals surface area contributed by atoms with Crippen LogP contribution in [-0.2, 0) is 46.3 Å². The number of carbonyl (C=O) groups is 3. The van der Waals surface area contributed by atoms with Crippen molar-refractivity contribution in [3.63, 3.8) is 0 Å². The number of amides is 2. The molecule has 0 fully saturated rings. The third-order valence-electron chi connectivity index (χ3n) is 7.16. The summed E-state index contributed by atoms with van der Waals surface area (Å²) in [5, 5.41) is 35.9. The van der Waals surface area contributed by atoms with E-state index < -0.39 is 12.0 Å². The van der Waals surface area contributed by atoms with Gasteiger partial charge in [-0.3, -0.25) is 19.0 Å². The summed E-state index contributed by atoms with van der Waals surface area (Å²) < 4.78 is 28.3. The predicted octanol–water partition coefficient (Wildman–Crippen LogP) is 1.21. The smallest absolute Gasteiger partial charge is 0.321 e. The number of rotatable bonds is 26. The first-order valence-corrected chi connectivity index (χ1v) is 16.9. The Morgan fingerprint density at radius 3 is 2.20 bits per heavy atom. The number of benzene rings is 1. The van der Waals surface area contributed by atoms with Crippen LogP contribution >= 0.6 is 11.8 Å². The lowest BCUT2D eigenvalue weighted by Crippen LogP contribution is -2.32. The second kappa shape index (κ2) is 21.9. The van der Waals surface area contributed by atoms with Crippen molar-refractivity contribution >= 4 is 40.4 Å². The zero-order chi connectivity index (χ0) is 35.4. The summed E-state index contributed by atoms with van der Waals surface area (Å²) in [5.41, 5.74) is 7.60. The number of carboxylic acid groups (broad SMARTS) is 1. The number of nitrogens with one attached hydrogen (secondary N) is 3. The molecule has 1 aromatic carbocycles. The zero-order valence-electron chi connectivity index (χ0n) is 27.6. The maximum absolute atomic E-state index is 12.1. The van der Waals surface area contributed by atoms with Gasteiger partial charge in [0.1, 0.15) is 11.8 Å². The van der Waals surface area contributed by atoms with E-state index in [-0.39, 0.29) is 66.8 Å². The average molecular weight is 710 g/mol. The van der Waals surface area contributed by atoms with Gasteiger partial charge in [-0.2, -0.15) is 0 Å². The molecule has 8 N–H and O–H groups in total. The Kier molecular flexibility index (Phi) is 17.6. The molecule has 0 spiro atoms. The summed E-state index contributed by atoms with van der Waals surface area (Å²) in [5.74, 6) is -1.23. The molecule has 0 aliphatic heterocycles. The Balaban J connectivity index is 1.08. The van der Waals surface area contributed by atoms with Crippen molar-refractivity contribution < 1.29 is 53.4 Å². The lowest BCUT2D eigenvalue weighted by Gasteiger charge is -2.09. The molecule has 1 atom stereocenters. The molecule has 3 aromatic rings. The average Bonchev–Trinajstić information content (AvgIpc) is 3.62. The molecule has 0 radical (unpaired) electrons. The normalized spacial score (nSPS) is 11.9. The summed E-state index contributed by atoms with van der Waals surface area (Å²) in [6.45, 7) is 3.67. The first-order valence-electron chi connectivity index (χ1n) is 15.9. The van der Waals surface area contributed by atoms with Crippen LogP contribution in [0.4, 0.5) is 0 Å². The largest absolute Gasteiger partial charge is 0.497 e. The fraction of sp³-hybridized carbons (Fsp3) is 0.531. The lowest BCUT2D eigenvalue weighted by atomic mass is 10.1. The van der Waals surface area contributed by atoms with Crippen LogP contribution in [-0.4, -0.2) is 128 Å². The molecule has 2 amide bonds. The quantitative estimate of drug-likeness (QED) is 0.0460. The highest BCUT2D eigenvalue weighted by Gasteiger charge is 2.18. The third-order valence-corrected chi connectivity index (χ3v) is 8.30. The zero-order valence-corrected chi connectivity index (χ0v) is 28.4. The van der Waals surface area contributed by atoms with Gasteiger partial charge in [-0.15, -0.1) is 11.8 Å². The minimum atomic E-state index is -1.17. The monoisotopic (exact) mass is 709 g/mol. The van der Waals surface area contributed by atoms with Crippen molar-refractivity contribution in [3.05, 3.63) is 36.0 Å². The number of aromatic nitrogens is 2. The van der Waals surface area contributed by atoms with E-state index in [9.17, 15) is 24.6 Å². The molecule has 2 heterocycles.